The Morgan fingerprint density at radius 2 is 2.06 bits per heavy atom. The van der Waals surface area contributed by atoms with Crippen molar-refractivity contribution in [3.8, 4) is 22.8 Å². The Morgan fingerprint density at radius 3 is 2.62 bits per heavy atom. The zero-order valence-electron chi connectivity index (χ0n) is 9.06. The molecule has 2 rings (SSSR count). The Labute approximate surface area is 92.8 Å². The van der Waals surface area contributed by atoms with Crippen molar-refractivity contribution >= 4 is 5.69 Å². The van der Waals surface area contributed by atoms with E-state index >= 15 is 0 Å². The highest BCUT2D eigenvalue weighted by Crippen LogP contribution is 2.39. The molecule has 0 amide bonds. The minimum atomic E-state index is 0.464. The van der Waals surface area contributed by atoms with Crippen molar-refractivity contribution in [2.75, 3.05) is 20.0 Å². The Balaban J connectivity index is 2.61. The van der Waals surface area contributed by atoms with Gasteiger partial charge in [-0.05, 0) is 12.1 Å². The molecule has 0 saturated carbocycles. The third kappa shape index (κ3) is 1.56. The summed E-state index contributed by atoms with van der Waals surface area (Å²) in [6.07, 6.45) is 1.45. The Hall–Kier alpha value is -2.17. The molecule has 2 N–H and O–H groups in total. The lowest BCUT2D eigenvalue weighted by Crippen LogP contribution is -1.94. The maximum atomic E-state index is 5.74. The summed E-state index contributed by atoms with van der Waals surface area (Å²) >= 11 is 0. The smallest absolute Gasteiger partial charge is 0.193 e. The molecule has 2 aromatic rings. The van der Waals surface area contributed by atoms with Crippen LogP contribution in [0.1, 0.15) is 0 Å². The van der Waals surface area contributed by atoms with Gasteiger partial charge in [0.15, 0.2) is 17.3 Å². The summed E-state index contributed by atoms with van der Waals surface area (Å²) in [6.45, 7) is 0. The first-order chi connectivity index (χ1) is 7.77. The summed E-state index contributed by atoms with van der Waals surface area (Å²) in [5.74, 6) is 1.68. The molecule has 0 aliphatic rings. The van der Waals surface area contributed by atoms with Gasteiger partial charge >= 0.3 is 0 Å². The molecule has 0 atom stereocenters. The third-order valence-corrected chi connectivity index (χ3v) is 2.25. The molecule has 0 fully saturated rings. The molecule has 5 heteroatoms. The van der Waals surface area contributed by atoms with Crippen LogP contribution in [-0.2, 0) is 0 Å². The molecule has 0 saturated heterocycles. The third-order valence-electron chi connectivity index (χ3n) is 2.25. The highest BCUT2D eigenvalue weighted by Gasteiger charge is 2.16. The van der Waals surface area contributed by atoms with Gasteiger partial charge in [0, 0.05) is 0 Å². The second-order valence-electron chi connectivity index (χ2n) is 3.15. The molecule has 1 aromatic heterocycles. The number of anilines is 1. The van der Waals surface area contributed by atoms with Gasteiger partial charge in [0.2, 0.25) is 0 Å². The Morgan fingerprint density at radius 1 is 1.25 bits per heavy atom. The van der Waals surface area contributed by atoms with Gasteiger partial charge in [-0.3, -0.25) is 0 Å². The van der Waals surface area contributed by atoms with E-state index in [0.29, 0.717) is 22.9 Å². The topological polar surface area (TPSA) is 70.5 Å². The monoisotopic (exact) mass is 220 g/mol. The van der Waals surface area contributed by atoms with E-state index in [0.717, 1.165) is 5.56 Å². The fourth-order valence-electron chi connectivity index (χ4n) is 1.52. The van der Waals surface area contributed by atoms with Crippen molar-refractivity contribution in [2.45, 2.75) is 0 Å². The number of hydrogen-bond donors (Lipinski definition) is 1. The minimum absolute atomic E-state index is 0.464. The van der Waals surface area contributed by atoms with Gasteiger partial charge < -0.3 is 19.7 Å². The van der Waals surface area contributed by atoms with E-state index in [1.807, 2.05) is 12.1 Å². The molecule has 0 aliphatic carbocycles. The van der Waals surface area contributed by atoms with Crippen molar-refractivity contribution in [2.24, 2.45) is 0 Å². The van der Waals surface area contributed by atoms with Crippen LogP contribution in [0.4, 0.5) is 5.69 Å². The summed E-state index contributed by atoms with van der Waals surface area (Å²) in [6, 6.07) is 5.46. The van der Waals surface area contributed by atoms with Crippen LogP contribution < -0.4 is 15.2 Å². The molecule has 5 nitrogen and oxygen atoms in total. The maximum absolute atomic E-state index is 5.74. The fourth-order valence-corrected chi connectivity index (χ4v) is 1.52. The molecule has 0 unspecified atom stereocenters. The summed E-state index contributed by atoms with van der Waals surface area (Å²) in [5.41, 5.74) is 6.92. The number of benzene rings is 1. The van der Waals surface area contributed by atoms with Crippen molar-refractivity contribution in [3.63, 3.8) is 0 Å². The first-order valence-corrected chi connectivity index (χ1v) is 4.69. The van der Waals surface area contributed by atoms with Gasteiger partial charge in [0.05, 0.1) is 26.0 Å². The average molecular weight is 220 g/mol. The molecule has 0 radical (unpaired) electrons. The highest BCUT2D eigenvalue weighted by molar-refractivity contribution is 5.77. The van der Waals surface area contributed by atoms with Crippen LogP contribution in [0, 0.1) is 0 Å². The number of hydrogen-bond acceptors (Lipinski definition) is 5. The van der Waals surface area contributed by atoms with Gasteiger partial charge in [0.1, 0.15) is 5.69 Å². The average Bonchev–Trinajstić information content (AvgIpc) is 2.74. The molecular formula is C11H12N2O3. The molecule has 1 heterocycles. The van der Waals surface area contributed by atoms with E-state index in [9.17, 15) is 0 Å². The molecule has 0 bridgehead atoms. The van der Waals surface area contributed by atoms with E-state index in [2.05, 4.69) is 5.16 Å². The normalized spacial score (nSPS) is 10.1. The van der Waals surface area contributed by atoms with Crippen molar-refractivity contribution in [3.05, 3.63) is 24.4 Å². The second kappa shape index (κ2) is 4.14. The van der Waals surface area contributed by atoms with Crippen LogP contribution in [0.3, 0.4) is 0 Å². The number of rotatable bonds is 3. The number of nitrogen functional groups attached to an aromatic ring is 1. The summed E-state index contributed by atoms with van der Waals surface area (Å²) in [7, 11) is 3.14. The zero-order chi connectivity index (χ0) is 11.5. The lowest BCUT2D eigenvalue weighted by Gasteiger charge is -2.10. The highest BCUT2D eigenvalue weighted by atomic mass is 16.5. The van der Waals surface area contributed by atoms with Gasteiger partial charge in [-0.25, -0.2) is 0 Å². The standard InChI is InChI=1S/C11H12N2O3/c1-14-9-5-3-4-7(11(9)15-2)10-8(12)6-13-16-10/h3-6H,12H2,1-2H3. The summed E-state index contributed by atoms with van der Waals surface area (Å²) in [4.78, 5) is 0. The van der Waals surface area contributed by atoms with E-state index in [4.69, 9.17) is 19.7 Å². The number of nitrogens with two attached hydrogens (primary N) is 1. The molecule has 84 valence electrons. The largest absolute Gasteiger partial charge is 0.493 e. The van der Waals surface area contributed by atoms with Gasteiger partial charge in [0.25, 0.3) is 0 Å². The molecule has 16 heavy (non-hydrogen) atoms. The summed E-state index contributed by atoms with van der Waals surface area (Å²) < 4.78 is 15.5. The predicted molar refractivity (Wildman–Crippen MR) is 59.5 cm³/mol. The van der Waals surface area contributed by atoms with Crippen molar-refractivity contribution in [1.29, 1.82) is 0 Å². The molecular weight excluding hydrogens is 208 g/mol. The van der Waals surface area contributed by atoms with E-state index < -0.39 is 0 Å². The number of para-hydroxylation sites is 1. The second-order valence-corrected chi connectivity index (χ2v) is 3.15. The van der Waals surface area contributed by atoms with Crippen LogP contribution in [0.15, 0.2) is 28.9 Å². The number of ether oxygens (including phenoxy) is 2. The van der Waals surface area contributed by atoms with Gasteiger partial charge in [-0.1, -0.05) is 11.2 Å². The van der Waals surface area contributed by atoms with Gasteiger partial charge in [-0.2, -0.15) is 0 Å². The summed E-state index contributed by atoms with van der Waals surface area (Å²) in [5, 5.41) is 3.63. The first-order valence-electron chi connectivity index (χ1n) is 4.69. The van der Waals surface area contributed by atoms with Crippen LogP contribution in [0.5, 0.6) is 11.5 Å². The van der Waals surface area contributed by atoms with Crippen LogP contribution >= 0.6 is 0 Å². The number of nitrogens with zero attached hydrogens (tertiary/aromatic N) is 1. The van der Waals surface area contributed by atoms with Crippen molar-refractivity contribution < 1.29 is 14.0 Å². The van der Waals surface area contributed by atoms with Gasteiger partial charge in [-0.15, -0.1) is 0 Å². The molecule has 0 spiro atoms. The van der Waals surface area contributed by atoms with E-state index in [1.54, 1.807) is 20.3 Å². The Kier molecular flexibility index (Phi) is 2.68. The lowest BCUT2D eigenvalue weighted by molar-refractivity contribution is 0.354. The first kappa shape index (κ1) is 10.4. The van der Waals surface area contributed by atoms with Crippen LogP contribution in [0.25, 0.3) is 11.3 Å². The van der Waals surface area contributed by atoms with Crippen molar-refractivity contribution in [1.82, 2.24) is 5.16 Å². The minimum Gasteiger partial charge on any atom is -0.493 e. The van der Waals surface area contributed by atoms with E-state index in [1.165, 1.54) is 6.20 Å². The SMILES string of the molecule is COc1cccc(-c2oncc2N)c1OC. The van der Waals surface area contributed by atoms with E-state index in [-0.39, 0.29) is 0 Å². The molecule has 1 aromatic carbocycles. The quantitative estimate of drug-likeness (QED) is 0.855. The number of aromatic nitrogens is 1. The maximum Gasteiger partial charge on any atom is 0.193 e. The number of methoxy groups -OCH3 is 2. The lowest BCUT2D eigenvalue weighted by atomic mass is 10.1. The predicted octanol–water partition coefficient (Wildman–Crippen LogP) is 1.94. The fraction of sp³-hybridized carbons (Fsp3) is 0.182. The van der Waals surface area contributed by atoms with Crippen LogP contribution in [0.2, 0.25) is 0 Å². The zero-order valence-corrected chi connectivity index (χ0v) is 9.06. The van der Waals surface area contributed by atoms with Crippen LogP contribution in [-0.4, -0.2) is 19.4 Å². The Bertz CT molecular complexity index is 494. The molecule has 0 aliphatic heterocycles.